The van der Waals surface area contributed by atoms with E-state index in [1.165, 1.54) is 0 Å². The molecule has 1 aromatic rings. The number of rotatable bonds is 3. The van der Waals surface area contributed by atoms with Crippen molar-refractivity contribution in [2.45, 2.75) is 12.8 Å². The molecule has 0 spiro atoms. The van der Waals surface area contributed by atoms with E-state index in [1.807, 2.05) is 0 Å². The van der Waals surface area contributed by atoms with Crippen LogP contribution >= 0.6 is 15.9 Å². The quantitative estimate of drug-likeness (QED) is 0.915. The summed E-state index contributed by atoms with van der Waals surface area (Å²) >= 11 is 3.33. The summed E-state index contributed by atoms with van der Waals surface area (Å²) in [5, 5.41) is 0. The van der Waals surface area contributed by atoms with Crippen LogP contribution in [0.1, 0.15) is 12.8 Å². The van der Waals surface area contributed by atoms with Gasteiger partial charge in [-0.1, -0.05) is 0 Å². The highest BCUT2D eigenvalue weighted by molar-refractivity contribution is 9.10. The van der Waals surface area contributed by atoms with Crippen molar-refractivity contribution in [3.8, 4) is 5.88 Å². The Kier molecular flexibility index (Phi) is 3.95. The van der Waals surface area contributed by atoms with Crippen molar-refractivity contribution in [2.75, 3.05) is 25.6 Å². The Balaban J connectivity index is 1.90. The lowest BCUT2D eigenvalue weighted by molar-refractivity contribution is 0.0489. The van der Waals surface area contributed by atoms with Gasteiger partial charge >= 0.3 is 0 Å². The third-order valence-corrected chi connectivity index (χ3v) is 3.07. The predicted octanol–water partition coefficient (Wildman–Crippen LogP) is 1.63. The van der Waals surface area contributed by atoms with E-state index in [4.69, 9.17) is 15.2 Å². The Labute approximate surface area is 102 Å². The Morgan fingerprint density at radius 3 is 3.00 bits per heavy atom. The molecule has 0 amide bonds. The van der Waals surface area contributed by atoms with Gasteiger partial charge in [-0.15, -0.1) is 0 Å². The Hall–Kier alpha value is -0.880. The first-order valence-corrected chi connectivity index (χ1v) is 6.03. The molecule has 2 heterocycles. The van der Waals surface area contributed by atoms with Gasteiger partial charge in [-0.25, -0.2) is 4.98 Å². The maximum atomic E-state index is 5.62. The lowest BCUT2D eigenvalue weighted by atomic mass is 10.0. The number of aromatic nitrogens is 2. The lowest BCUT2D eigenvalue weighted by Gasteiger charge is -2.21. The maximum absolute atomic E-state index is 5.62. The van der Waals surface area contributed by atoms with Crippen LogP contribution in [0.5, 0.6) is 5.88 Å². The number of nitrogens with zero attached hydrogens (tertiary/aromatic N) is 2. The molecular formula is C10H14BrN3O2. The van der Waals surface area contributed by atoms with E-state index >= 15 is 0 Å². The summed E-state index contributed by atoms with van der Waals surface area (Å²) in [7, 11) is 0. The van der Waals surface area contributed by atoms with E-state index in [2.05, 4.69) is 25.9 Å². The Bertz CT molecular complexity index is 356. The van der Waals surface area contributed by atoms with Gasteiger partial charge in [-0.3, -0.25) is 0 Å². The fourth-order valence-corrected chi connectivity index (χ4v) is 1.88. The highest BCUT2D eigenvalue weighted by Crippen LogP contribution is 2.23. The van der Waals surface area contributed by atoms with Crippen molar-refractivity contribution in [1.82, 2.24) is 9.97 Å². The Morgan fingerprint density at radius 2 is 2.25 bits per heavy atom. The van der Waals surface area contributed by atoms with E-state index in [0.29, 0.717) is 18.4 Å². The first-order chi connectivity index (χ1) is 7.75. The average molecular weight is 288 g/mol. The second kappa shape index (κ2) is 5.45. The van der Waals surface area contributed by atoms with Crippen LogP contribution in [0.4, 0.5) is 5.95 Å². The first kappa shape index (κ1) is 11.6. The van der Waals surface area contributed by atoms with E-state index in [0.717, 1.165) is 30.5 Å². The monoisotopic (exact) mass is 287 g/mol. The molecule has 6 heteroatoms. The molecule has 2 rings (SSSR count). The number of nitrogens with two attached hydrogens (primary N) is 1. The van der Waals surface area contributed by atoms with Crippen molar-refractivity contribution < 1.29 is 9.47 Å². The minimum absolute atomic E-state index is 0.227. The van der Waals surface area contributed by atoms with Gasteiger partial charge in [0.15, 0.2) is 0 Å². The standard InChI is InChI=1S/C10H14BrN3O2/c11-8-5-13-10(12)14-9(8)16-6-7-1-3-15-4-2-7/h5,7H,1-4,6H2,(H2,12,13,14). The van der Waals surface area contributed by atoms with Crippen molar-refractivity contribution in [3.63, 3.8) is 0 Å². The van der Waals surface area contributed by atoms with Crippen LogP contribution < -0.4 is 10.5 Å². The summed E-state index contributed by atoms with van der Waals surface area (Å²) in [6.07, 6.45) is 3.68. The summed E-state index contributed by atoms with van der Waals surface area (Å²) in [4.78, 5) is 7.88. The van der Waals surface area contributed by atoms with Gasteiger partial charge in [0.2, 0.25) is 11.8 Å². The predicted molar refractivity (Wildman–Crippen MR) is 63.2 cm³/mol. The molecule has 0 unspecified atom stereocenters. The van der Waals surface area contributed by atoms with Crippen LogP contribution in [0.15, 0.2) is 10.7 Å². The molecule has 0 saturated carbocycles. The highest BCUT2D eigenvalue weighted by Gasteiger charge is 2.15. The van der Waals surface area contributed by atoms with Gasteiger partial charge in [-0.05, 0) is 34.7 Å². The molecule has 0 radical (unpaired) electrons. The third kappa shape index (κ3) is 3.05. The number of nitrogen functional groups attached to an aromatic ring is 1. The molecule has 1 saturated heterocycles. The first-order valence-electron chi connectivity index (χ1n) is 5.24. The molecule has 1 aromatic heterocycles. The normalized spacial score (nSPS) is 17.3. The van der Waals surface area contributed by atoms with Crippen LogP contribution in [-0.4, -0.2) is 29.8 Å². The molecule has 1 aliphatic rings. The average Bonchev–Trinajstić information content (AvgIpc) is 2.32. The molecule has 88 valence electrons. The fourth-order valence-electron chi connectivity index (χ4n) is 1.58. The number of hydrogen-bond donors (Lipinski definition) is 1. The van der Waals surface area contributed by atoms with E-state index < -0.39 is 0 Å². The van der Waals surface area contributed by atoms with Gasteiger partial charge in [0.1, 0.15) is 0 Å². The van der Waals surface area contributed by atoms with E-state index in [-0.39, 0.29) is 5.95 Å². The summed E-state index contributed by atoms with van der Waals surface area (Å²) in [5.41, 5.74) is 5.49. The SMILES string of the molecule is Nc1ncc(Br)c(OCC2CCOCC2)n1. The summed E-state index contributed by atoms with van der Waals surface area (Å²) in [6, 6.07) is 0. The van der Waals surface area contributed by atoms with Crippen molar-refractivity contribution >= 4 is 21.9 Å². The summed E-state index contributed by atoms with van der Waals surface area (Å²) in [5.74, 6) is 1.28. The molecule has 5 nitrogen and oxygen atoms in total. The van der Waals surface area contributed by atoms with Gasteiger partial charge in [-0.2, -0.15) is 4.98 Å². The molecule has 1 fully saturated rings. The molecule has 1 aliphatic heterocycles. The van der Waals surface area contributed by atoms with Crippen LogP contribution in [0, 0.1) is 5.92 Å². The maximum Gasteiger partial charge on any atom is 0.232 e. The van der Waals surface area contributed by atoms with Crippen molar-refractivity contribution in [1.29, 1.82) is 0 Å². The van der Waals surface area contributed by atoms with Gasteiger partial charge in [0.05, 0.1) is 17.3 Å². The summed E-state index contributed by atoms with van der Waals surface area (Å²) in [6.45, 7) is 2.29. The number of halogens is 1. The fraction of sp³-hybridized carbons (Fsp3) is 0.600. The van der Waals surface area contributed by atoms with Gasteiger partial charge in [0.25, 0.3) is 0 Å². The second-order valence-electron chi connectivity index (χ2n) is 3.75. The zero-order chi connectivity index (χ0) is 11.4. The van der Waals surface area contributed by atoms with Crippen LogP contribution in [0.25, 0.3) is 0 Å². The summed E-state index contributed by atoms with van der Waals surface area (Å²) < 4.78 is 11.6. The van der Waals surface area contributed by atoms with E-state index in [1.54, 1.807) is 6.20 Å². The molecule has 0 aromatic carbocycles. The van der Waals surface area contributed by atoms with Crippen molar-refractivity contribution in [2.24, 2.45) is 5.92 Å². The third-order valence-electron chi connectivity index (χ3n) is 2.53. The van der Waals surface area contributed by atoms with E-state index in [9.17, 15) is 0 Å². The molecule has 0 aliphatic carbocycles. The second-order valence-corrected chi connectivity index (χ2v) is 4.60. The highest BCUT2D eigenvalue weighted by atomic mass is 79.9. The van der Waals surface area contributed by atoms with Crippen LogP contribution in [-0.2, 0) is 4.74 Å². The number of ether oxygens (including phenoxy) is 2. The number of hydrogen-bond acceptors (Lipinski definition) is 5. The van der Waals surface area contributed by atoms with Gasteiger partial charge < -0.3 is 15.2 Å². The molecule has 0 bridgehead atoms. The molecule has 16 heavy (non-hydrogen) atoms. The van der Waals surface area contributed by atoms with Gasteiger partial charge in [0, 0.05) is 13.2 Å². The zero-order valence-electron chi connectivity index (χ0n) is 8.86. The Morgan fingerprint density at radius 1 is 1.50 bits per heavy atom. The molecular weight excluding hydrogens is 274 g/mol. The van der Waals surface area contributed by atoms with Crippen LogP contribution in [0.3, 0.4) is 0 Å². The van der Waals surface area contributed by atoms with Crippen LogP contribution in [0.2, 0.25) is 0 Å². The van der Waals surface area contributed by atoms with Crippen molar-refractivity contribution in [3.05, 3.63) is 10.7 Å². The lowest BCUT2D eigenvalue weighted by Crippen LogP contribution is -2.21. The largest absolute Gasteiger partial charge is 0.476 e. The molecule has 2 N–H and O–H groups in total. The number of anilines is 1. The minimum Gasteiger partial charge on any atom is -0.476 e. The smallest absolute Gasteiger partial charge is 0.232 e. The topological polar surface area (TPSA) is 70.3 Å². The molecule has 0 atom stereocenters. The minimum atomic E-state index is 0.227. The zero-order valence-corrected chi connectivity index (χ0v) is 10.4.